The Bertz CT molecular complexity index is 1330. The molecule has 1 amide bonds. The molecule has 0 saturated carbocycles. The summed E-state index contributed by atoms with van der Waals surface area (Å²) in [4.78, 5) is 12.8. The first kappa shape index (κ1) is 24.3. The predicted molar refractivity (Wildman–Crippen MR) is 133 cm³/mol. The highest BCUT2D eigenvalue weighted by atomic mass is 32.2. The third-order valence-electron chi connectivity index (χ3n) is 5.55. The van der Waals surface area contributed by atoms with Gasteiger partial charge in [0.25, 0.3) is 0 Å². The fourth-order valence-corrected chi connectivity index (χ4v) is 5.27. The summed E-state index contributed by atoms with van der Waals surface area (Å²) >= 11 is 0. The van der Waals surface area contributed by atoms with Crippen LogP contribution in [0.25, 0.3) is 0 Å². The number of amides is 1. The van der Waals surface area contributed by atoms with Crippen molar-refractivity contribution in [2.45, 2.75) is 17.5 Å². The van der Waals surface area contributed by atoms with Crippen molar-refractivity contribution in [3.63, 3.8) is 0 Å². The van der Waals surface area contributed by atoms with Gasteiger partial charge < -0.3 is 5.32 Å². The van der Waals surface area contributed by atoms with Gasteiger partial charge in [-0.15, -0.1) is 0 Å². The molecule has 0 aliphatic carbocycles. The Morgan fingerprint density at radius 2 is 1.23 bits per heavy atom. The molecular weight excluding hydrogens is 463 g/mol. The topological polar surface area (TPSA) is 66.5 Å². The van der Waals surface area contributed by atoms with Crippen molar-refractivity contribution in [1.29, 1.82) is 0 Å². The summed E-state index contributed by atoms with van der Waals surface area (Å²) in [6, 6.07) is 32.5. The number of hydrogen-bond donors (Lipinski definition) is 1. The minimum Gasteiger partial charge on any atom is -0.344 e. The third-order valence-corrected chi connectivity index (χ3v) is 7.37. The normalized spacial score (nSPS) is 11.5. The van der Waals surface area contributed by atoms with Crippen LogP contribution in [0.5, 0.6) is 0 Å². The molecule has 0 aliphatic rings. The SMILES string of the molecule is O=C(CN(Cc1ccccc1)S(=O)(=O)c1ccccc1F)NC(c1ccccc1)c1ccccc1. The van der Waals surface area contributed by atoms with E-state index in [2.05, 4.69) is 5.32 Å². The summed E-state index contributed by atoms with van der Waals surface area (Å²) in [5.41, 5.74) is 2.40. The Balaban J connectivity index is 1.64. The molecular formula is C28H25FN2O3S. The zero-order valence-electron chi connectivity index (χ0n) is 18.9. The summed E-state index contributed by atoms with van der Waals surface area (Å²) in [6.07, 6.45) is 0. The fourth-order valence-electron chi connectivity index (χ4n) is 3.82. The number of nitrogens with one attached hydrogen (secondary N) is 1. The highest BCUT2D eigenvalue weighted by molar-refractivity contribution is 7.89. The molecule has 7 heteroatoms. The van der Waals surface area contributed by atoms with Gasteiger partial charge in [-0.3, -0.25) is 4.79 Å². The van der Waals surface area contributed by atoms with Gasteiger partial charge in [0.05, 0.1) is 12.6 Å². The van der Waals surface area contributed by atoms with Crippen molar-refractivity contribution in [3.8, 4) is 0 Å². The molecule has 178 valence electrons. The Hall–Kier alpha value is -3.81. The Labute approximate surface area is 204 Å². The quantitative estimate of drug-likeness (QED) is 0.364. The Morgan fingerprint density at radius 1 is 0.743 bits per heavy atom. The number of sulfonamides is 1. The van der Waals surface area contributed by atoms with E-state index in [-0.39, 0.29) is 6.54 Å². The van der Waals surface area contributed by atoms with Crippen LogP contribution in [0.3, 0.4) is 0 Å². The van der Waals surface area contributed by atoms with Crippen LogP contribution in [-0.2, 0) is 21.4 Å². The zero-order valence-corrected chi connectivity index (χ0v) is 19.7. The number of hydrogen-bond acceptors (Lipinski definition) is 3. The van der Waals surface area contributed by atoms with Crippen LogP contribution >= 0.6 is 0 Å². The molecule has 35 heavy (non-hydrogen) atoms. The Kier molecular flexibility index (Phi) is 7.70. The van der Waals surface area contributed by atoms with Gasteiger partial charge in [0.2, 0.25) is 15.9 Å². The smallest absolute Gasteiger partial charge is 0.246 e. The van der Waals surface area contributed by atoms with Gasteiger partial charge in [-0.1, -0.05) is 103 Å². The standard InChI is InChI=1S/C28H25FN2O3S/c29-25-18-10-11-19-26(25)35(33,34)31(20-22-12-4-1-5-13-22)21-27(32)30-28(23-14-6-2-7-15-23)24-16-8-3-9-17-24/h1-19,28H,20-21H2,(H,30,32). The highest BCUT2D eigenvalue weighted by Gasteiger charge is 2.30. The van der Waals surface area contributed by atoms with Crippen LogP contribution in [0.15, 0.2) is 120 Å². The van der Waals surface area contributed by atoms with E-state index in [1.165, 1.54) is 18.2 Å². The van der Waals surface area contributed by atoms with Gasteiger partial charge in [0, 0.05) is 6.54 Å². The van der Waals surface area contributed by atoms with E-state index in [4.69, 9.17) is 0 Å². The van der Waals surface area contributed by atoms with Crippen LogP contribution in [-0.4, -0.2) is 25.2 Å². The summed E-state index contributed by atoms with van der Waals surface area (Å²) < 4.78 is 42.3. The first-order valence-corrected chi connectivity index (χ1v) is 12.6. The van der Waals surface area contributed by atoms with Crippen molar-refractivity contribution < 1.29 is 17.6 Å². The monoisotopic (exact) mass is 488 g/mol. The van der Waals surface area contributed by atoms with E-state index in [0.29, 0.717) is 5.56 Å². The van der Waals surface area contributed by atoms with Crippen molar-refractivity contribution in [3.05, 3.63) is 138 Å². The number of rotatable bonds is 9. The van der Waals surface area contributed by atoms with Crippen LogP contribution in [0.1, 0.15) is 22.7 Å². The van der Waals surface area contributed by atoms with E-state index in [1.807, 2.05) is 66.7 Å². The molecule has 0 fully saturated rings. The molecule has 0 aliphatic heterocycles. The number of halogens is 1. The van der Waals surface area contributed by atoms with Crippen molar-refractivity contribution in [2.75, 3.05) is 6.54 Å². The summed E-state index contributed by atoms with van der Waals surface area (Å²) in [7, 11) is -4.29. The molecule has 0 atom stereocenters. The van der Waals surface area contributed by atoms with E-state index >= 15 is 0 Å². The lowest BCUT2D eigenvalue weighted by Crippen LogP contribution is -2.42. The average Bonchev–Trinajstić information content (AvgIpc) is 2.89. The molecule has 0 unspecified atom stereocenters. The number of nitrogens with zero attached hydrogens (tertiary/aromatic N) is 1. The van der Waals surface area contributed by atoms with Gasteiger partial charge in [-0.05, 0) is 28.8 Å². The predicted octanol–water partition coefficient (Wildman–Crippen LogP) is 4.92. The maximum Gasteiger partial charge on any atom is 0.246 e. The lowest BCUT2D eigenvalue weighted by Gasteiger charge is -2.25. The molecule has 0 saturated heterocycles. The summed E-state index contributed by atoms with van der Waals surface area (Å²) in [5.74, 6) is -1.36. The molecule has 4 aromatic rings. The maximum atomic E-state index is 14.5. The second-order valence-corrected chi connectivity index (χ2v) is 9.92. The van der Waals surface area contributed by atoms with Crippen molar-refractivity contribution in [1.82, 2.24) is 9.62 Å². The lowest BCUT2D eigenvalue weighted by molar-refractivity contribution is -0.121. The maximum absolute atomic E-state index is 14.5. The van der Waals surface area contributed by atoms with Crippen LogP contribution < -0.4 is 5.32 Å². The van der Waals surface area contributed by atoms with Gasteiger partial charge >= 0.3 is 0 Å². The first-order chi connectivity index (χ1) is 16.9. The van der Waals surface area contributed by atoms with E-state index < -0.39 is 39.2 Å². The number of carbonyl (C=O) groups is 1. The molecule has 0 aromatic heterocycles. The minimum atomic E-state index is -4.29. The molecule has 4 aromatic carbocycles. The lowest BCUT2D eigenvalue weighted by atomic mass is 9.99. The van der Waals surface area contributed by atoms with Crippen molar-refractivity contribution >= 4 is 15.9 Å². The third kappa shape index (κ3) is 6.01. The van der Waals surface area contributed by atoms with Crippen LogP contribution in [0.4, 0.5) is 4.39 Å². The molecule has 5 nitrogen and oxygen atoms in total. The van der Waals surface area contributed by atoms with Gasteiger partial charge in [0.1, 0.15) is 10.7 Å². The van der Waals surface area contributed by atoms with Gasteiger partial charge in [-0.2, -0.15) is 4.31 Å². The number of carbonyl (C=O) groups excluding carboxylic acids is 1. The minimum absolute atomic E-state index is 0.0771. The first-order valence-electron chi connectivity index (χ1n) is 11.1. The van der Waals surface area contributed by atoms with Gasteiger partial charge in [-0.25, -0.2) is 12.8 Å². The van der Waals surface area contributed by atoms with Gasteiger partial charge in [0.15, 0.2) is 0 Å². The molecule has 1 N–H and O–H groups in total. The number of benzene rings is 4. The van der Waals surface area contributed by atoms with E-state index in [1.54, 1.807) is 24.3 Å². The average molecular weight is 489 g/mol. The van der Waals surface area contributed by atoms with Crippen molar-refractivity contribution in [2.24, 2.45) is 0 Å². The highest BCUT2D eigenvalue weighted by Crippen LogP contribution is 2.24. The zero-order chi connectivity index (χ0) is 24.7. The molecule has 0 bridgehead atoms. The van der Waals surface area contributed by atoms with E-state index in [0.717, 1.165) is 21.5 Å². The second kappa shape index (κ2) is 11.1. The largest absolute Gasteiger partial charge is 0.344 e. The van der Waals surface area contributed by atoms with E-state index in [9.17, 15) is 17.6 Å². The summed E-state index contributed by atoms with van der Waals surface area (Å²) in [6.45, 7) is -0.548. The van der Waals surface area contributed by atoms with Crippen LogP contribution in [0, 0.1) is 5.82 Å². The molecule has 0 heterocycles. The molecule has 4 rings (SSSR count). The molecule has 0 spiro atoms. The fraction of sp³-hybridized carbons (Fsp3) is 0.107. The second-order valence-electron chi connectivity index (χ2n) is 8.01. The van der Waals surface area contributed by atoms with Crippen LogP contribution in [0.2, 0.25) is 0 Å². The Morgan fingerprint density at radius 3 is 1.77 bits per heavy atom. The molecule has 0 radical (unpaired) electrons. The summed E-state index contributed by atoms with van der Waals surface area (Å²) in [5, 5.41) is 2.97.